The van der Waals surface area contributed by atoms with Crippen molar-refractivity contribution in [1.82, 2.24) is 29.0 Å². The summed E-state index contributed by atoms with van der Waals surface area (Å²) in [7, 11) is -3.64. The van der Waals surface area contributed by atoms with Crippen LogP contribution in [0.5, 0.6) is 0 Å². The summed E-state index contributed by atoms with van der Waals surface area (Å²) in [6.07, 6.45) is 5.33. The van der Waals surface area contributed by atoms with Crippen molar-refractivity contribution in [2.45, 2.75) is 45.2 Å². The van der Waals surface area contributed by atoms with Crippen molar-refractivity contribution in [3.05, 3.63) is 53.9 Å². The first-order chi connectivity index (χ1) is 12.8. The lowest BCUT2D eigenvalue weighted by molar-refractivity contribution is 0.576. The van der Waals surface area contributed by atoms with E-state index in [0.717, 1.165) is 22.8 Å². The van der Waals surface area contributed by atoms with Gasteiger partial charge in [-0.3, -0.25) is 0 Å². The minimum absolute atomic E-state index is 0.0359. The Morgan fingerprint density at radius 1 is 1.19 bits per heavy atom. The maximum Gasteiger partial charge on any atom is 0.259 e. The summed E-state index contributed by atoms with van der Waals surface area (Å²) in [6, 6.07) is 5.80. The Bertz CT molecular complexity index is 1020. The van der Waals surface area contributed by atoms with Gasteiger partial charge in [0.2, 0.25) is 0 Å². The van der Waals surface area contributed by atoms with Gasteiger partial charge in [-0.15, -0.1) is 0 Å². The van der Waals surface area contributed by atoms with Gasteiger partial charge in [-0.1, -0.05) is 6.07 Å². The molecule has 0 aliphatic heterocycles. The highest BCUT2D eigenvalue weighted by atomic mass is 32.2. The van der Waals surface area contributed by atoms with Gasteiger partial charge < -0.3 is 4.57 Å². The maximum absolute atomic E-state index is 12.4. The third-order valence-corrected chi connectivity index (χ3v) is 5.77. The van der Waals surface area contributed by atoms with Gasteiger partial charge in [-0.2, -0.15) is 5.10 Å². The van der Waals surface area contributed by atoms with Crippen LogP contribution in [0.1, 0.15) is 36.8 Å². The smallest absolute Gasteiger partial charge is 0.259 e. The third kappa shape index (κ3) is 4.09. The second kappa shape index (κ2) is 7.61. The van der Waals surface area contributed by atoms with Crippen molar-refractivity contribution >= 4 is 10.0 Å². The summed E-state index contributed by atoms with van der Waals surface area (Å²) < 4.78 is 31.0. The molecule has 9 heteroatoms. The highest BCUT2D eigenvalue weighted by Crippen LogP contribution is 2.17. The number of imidazole rings is 1. The van der Waals surface area contributed by atoms with E-state index in [9.17, 15) is 8.42 Å². The molecule has 0 saturated heterocycles. The van der Waals surface area contributed by atoms with Crippen LogP contribution < -0.4 is 4.72 Å². The van der Waals surface area contributed by atoms with E-state index < -0.39 is 10.0 Å². The number of pyridine rings is 1. The van der Waals surface area contributed by atoms with Crippen LogP contribution in [-0.2, 0) is 16.4 Å². The molecule has 0 amide bonds. The number of aromatic nitrogens is 5. The van der Waals surface area contributed by atoms with Crippen molar-refractivity contribution < 1.29 is 8.42 Å². The van der Waals surface area contributed by atoms with Crippen molar-refractivity contribution in [1.29, 1.82) is 0 Å². The zero-order chi connectivity index (χ0) is 19.6. The van der Waals surface area contributed by atoms with E-state index in [4.69, 9.17) is 0 Å². The number of sulfonamides is 1. The fourth-order valence-corrected chi connectivity index (χ4v) is 3.83. The van der Waals surface area contributed by atoms with Crippen molar-refractivity contribution in [3.63, 3.8) is 0 Å². The van der Waals surface area contributed by atoms with E-state index in [1.165, 1.54) is 6.33 Å². The molecule has 0 saturated carbocycles. The SMILES string of the molecule is Cc1nn(-c2ccccn2)c(C)c1CCNS(=O)(=O)c1cn(C(C)C)cn1. The summed E-state index contributed by atoms with van der Waals surface area (Å²) in [5, 5.41) is 4.57. The van der Waals surface area contributed by atoms with Crippen LogP contribution in [0.25, 0.3) is 5.82 Å². The predicted molar refractivity (Wildman–Crippen MR) is 102 cm³/mol. The van der Waals surface area contributed by atoms with Gasteiger partial charge in [-0.25, -0.2) is 27.8 Å². The molecule has 0 spiro atoms. The topological polar surface area (TPSA) is 94.7 Å². The van der Waals surface area contributed by atoms with Crippen molar-refractivity contribution in [2.24, 2.45) is 0 Å². The zero-order valence-corrected chi connectivity index (χ0v) is 16.7. The molecule has 3 heterocycles. The Hall–Kier alpha value is -2.52. The molecule has 0 aliphatic carbocycles. The van der Waals surface area contributed by atoms with E-state index in [-0.39, 0.29) is 17.6 Å². The largest absolute Gasteiger partial charge is 0.334 e. The average Bonchev–Trinajstić information content (AvgIpc) is 3.24. The fraction of sp³-hybridized carbons (Fsp3) is 0.389. The zero-order valence-electron chi connectivity index (χ0n) is 15.9. The summed E-state index contributed by atoms with van der Waals surface area (Å²) in [6.45, 7) is 8.09. The highest BCUT2D eigenvalue weighted by Gasteiger charge is 2.19. The molecule has 0 aromatic carbocycles. The summed E-state index contributed by atoms with van der Waals surface area (Å²) in [5.41, 5.74) is 2.83. The first-order valence-electron chi connectivity index (χ1n) is 8.79. The number of nitrogens with one attached hydrogen (secondary N) is 1. The second-order valence-corrected chi connectivity index (χ2v) is 8.36. The number of hydrogen-bond donors (Lipinski definition) is 1. The Labute approximate surface area is 159 Å². The molecule has 3 aromatic heterocycles. The second-order valence-electron chi connectivity index (χ2n) is 6.65. The van der Waals surface area contributed by atoms with Crippen LogP contribution >= 0.6 is 0 Å². The van der Waals surface area contributed by atoms with Gasteiger partial charge >= 0.3 is 0 Å². The molecule has 0 bridgehead atoms. The Kier molecular flexibility index (Phi) is 5.43. The van der Waals surface area contributed by atoms with E-state index in [1.807, 2.05) is 45.9 Å². The minimum Gasteiger partial charge on any atom is -0.334 e. The molecular formula is C18H24N6O2S. The quantitative estimate of drug-likeness (QED) is 0.669. The Morgan fingerprint density at radius 2 is 1.96 bits per heavy atom. The van der Waals surface area contributed by atoms with Gasteiger partial charge in [0.1, 0.15) is 0 Å². The summed E-state index contributed by atoms with van der Waals surface area (Å²) >= 11 is 0. The first-order valence-corrected chi connectivity index (χ1v) is 10.3. The first kappa shape index (κ1) is 19.2. The number of nitrogens with zero attached hydrogens (tertiary/aromatic N) is 5. The van der Waals surface area contributed by atoms with Crippen LogP contribution in [0, 0.1) is 13.8 Å². The van der Waals surface area contributed by atoms with Crippen LogP contribution in [0.4, 0.5) is 0 Å². The highest BCUT2D eigenvalue weighted by molar-refractivity contribution is 7.89. The van der Waals surface area contributed by atoms with Crippen LogP contribution in [0.15, 0.2) is 41.9 Å². The van der Waals surface area contributed by atoms with E-state index in [2.05, 4.69) is 19.8 Å². The van der Waals surface area contributed by atoms with E-state index in [0.29, 0.717) is 6.42 Å². The van der Waals surface area contributed by atoms with E-state index >= 15 is 0 Å². The van der Waals surface area contributed by atoms with Gasteiger partial charge in [-0.05, 0) is 51.8 Å². The van der Waals surface area contributed by atoms with Crippen molar-refractivity contribution in [3.8, 4) is 5.82 Å². The van der Waals surface area contributed by atoms with Crippen LogP contribution in [0.3, 0.4) is 0 Å². The predicted octanol–water partition coefficient (Wildman–Crippen LogP) is 2.18. The van der Waals surface area contributed by atoms with Crippen LogP contribution in [-0.4, -0.2) is 39.3 Å². The molecule has 0 unspecified atom stereocenters. The number of aryl methyl sites for hydroxylation is 1. The maximum atomic E-state index is 12.4. The monoisotopic (exact) mass is 388 g/mol. The van der Waals surface area contributed by atoms with Gasteiger partial charge in [0.25, 0.3) is 10.0 Å². The molecule has 0 radical (unpaired) electrons. The lowest BCUT2D eigenvalue weighted by Gasteiger charge is -2.07. The molecule has 3 rings (SSSR count). The van der Waals surface area contributed by atoms with Gasteiger partial charge in [0.15, 0.2) is 10.8 Å². The number of hydrogen-bond acceptors (Lipinski definition) is 5. The standard InChI is InChI=1S/C18H24N6O2S/c1-13(2)23-11-18(20-12-23)27(25,26)21-10-8-16-14(3)22-24(15(16)4)17-7-5-6-9-19-17/h5-7,9,11-13,21H,8,10H2,1-4H3. The summed E-state index contributed by atoms with van der Waals surface area (Å²) in [5.74, 6) is 0.740. The molecule has 0 atom stereocenters. The van der Waals surface area contributed by atoms with Gasteiger partial charge in [0, 0.05) is 30.7 Å². The fourth-order valence-electron chi connectivity index (χ4n) is 2.86. The Morgan fingerprint density at radius 3 is 2.59 bits per heavy atom. The normalized spacial score (nSPS) is 12.0. The summed E-state index contributed by atoms with van der Waals surface area (Å²) in [4.78, 5) is 8.32. The molecule has 27 heavy (non-hydrogen) atoms. The molecule has 144 valence electrons. The molecule has 8 nitrogen and oxygen atoms in total. The molecule has 1 N–H and O–H groups in total. The van der Waals surface area contributed by atoms with Gasteiger partial charge in [0.05, 0.1) is 12.0 Å². The molecule has 0 fully saturated rings. The van der Waals surface area contributed by atoms with Crippen molar-refractivity contribution in [2.75, 3.05) is 6.54 Å². The van der Waals surface area contributed by atoms with Crippen LogP contribution in [0.2, 0.25) is 0 Å². The minimum atomic E-state index is -3.64. The lowest BCUT2D eigenvalue weighted by Crippen LogP contribution is -2.26. The average molecular weight is 388 g/mol. The Balaban J connectivity index is 1.71. The number of rotatable bonds is 7. The third-order valence-electron chi connectivity index (χ3n) is 4.42. The molecule has 0 aliphatic rings. The molecular weight excluding hydrogens is 364 g/mol. The van der Waals surface area contributed by atoms with E-state index in [1.54, 1.807) is 21.6 Å². The molecule has 3 aromatic rings. The lowest BCUT2D eigenvalue weighted by atomic mass is 10.1.